The predicted octanol–water partition coefficient (Wildman–Crippen LogP) is 2.36. The van der Waals surface area contributed by atoms with Crippen molar-refractivity contribution in [3.8, 4) is 5.75 Å². The van der Waals surface area contributed by atoms with Crippen LogP contribution in [-0.4, -0.2) is 43.4 Å². The number of halogens is 1. The molecule has 1 aliphatic heterocycles. The molecule has 0 aliphatic carbocycles. The Kier molecular flexibility index (Phi) is 4.46. The maximum absolute atomic E-state index is 13.1. The van der Waals surface area contributed by atoms with E-state index in [0.717, 1.165) is 0 Å². The van der Waals surface area contributed by atoms with Crippen LogP contribution in [0.1, 0.15) is 21.5 Å². The topological polar surface area (TPSA) is 86.6 Å². The van der Waals surface area contributed by atoms with E-state index in [1.54, 1.807) is 35.8 Å². The smallest absolute Gasteiger partial charge is 0.258 e. The van der Waals surface area contributed by atoms with E-state index in [1.807, 2.05) is 0 Å². The summed E-state index contributed by atoms with van der Waals surface area (Å²) in [6, 6.07) is 6.30. The molecule has 1 atom stereocenters. The van der Waals surface area contributed by atoms with Crippen molar-refractivity contribution in [1.82, 2.24) is 14.9 Å². The molecule has 1 N–H and O–H groups in total. The summed E-state index contributed by atoms with van der Waals surface area (Å²) in [5, 5.41) is 11.4. The van der Waals surface area contributed by atoms with Crippen LogP contribution in [0, 0.1) is 5.95 Å². The molecule has 0 radical (unpaired) electrons. The molecule has 3 heterocycles. The van der Waals surface area contributed by atoms with Crippen LogP contribution in [0.5, 0.6) is 5.75 Å². The van der Waals surface area contributed by atoms with Gasteiger partial charge in [-0.05, 0) is 23.8 Å². The van der Waals surface area contributed by atoms with Crippen molar-refractivity contribution in [3.05, 3.63) is 59.3 Å². The first-order valence-corrected chi connectivity index (χ1v) is 9.99. The van der Waals surface area contributed by atoms with Crippen molar-refractivity contribution >= 4 is 33.5 Å². The fraction of sp³-hybridized carbons (Fsp3) is 0.211. The molecule has 1 aliphatic rings. The van der Waals surface area contributed by atoms with Gasteiger partial charge in [-0.1, -0.05) is 6.07 Å². The average molecular weight is 400 g/mol. The molecule has 28 heavy (non-hydrogen) atoms. The minimum absolute atomic E-state index is 0.161. The molecule has 1 amide bonds. The van der Waals surface area contributed by atoms with Gasteiger partial charge < -0.3 is 10.0 Å². The number of hydrogen-bond acceptors (Lipinski definition) is 5. The van der Waals surface area contributed by atoms with Crippen LogP contribution in [0.2, 0.25) is 0 Å². The second kappa shape index (κ2) is 6.83. The zero-order valence-electron chi connectivity index (χ0n) is 15.2. The number of rotatable bonds is 4. The van der Waals surface area contributed by atoms with Crippen LogP contribution in [0.25, 0.3) is 10.9 Å². The van der Waals surface area contributed by atoms with Crippen molar-refractivity contribution in [2.75, 3.05) is 17.6 Å². The summed E-state index contributed by atoms with van der Waals surface area (Å²) in [4.78, 5) is 22.4. The van der Waals surface area contributed by atoms with Gasteiger partial charge in [-0.15, -0.1) is 0 Å². The molecular weight excluding hydrogens is 383 g/mol. The van der Waals surface area contributed by atoms with Crippen molar-refractivity contribution < 1.29 is 18.5 Å². The van der Waals surface area contributed by atoms with Crippen molar-refractivity contribution in [1.29, 1.82) is 0 Å². The molecule has 1 aromatic carbocycles. The Bertz CT molecular complexity index is 1120. The van der Waals surface area contributed by atoms with E-state index in [2.05, 4.69) is 9.97 Å². The van der Waals surface area contributed by atoms with Crippen LogP contribution in [0.3, 0.4) is 0 Å². The fourth-order valence-electron chi connectivity index (χ4n) is 3.47. The van der Waals surface area contributed by atoms with Gasteiger partial charge in [-0.2, -0.15) is 4.39 Å². The van der Waals surface area contributed by atoms with Crippen molar-refractivity contribution in [3.63, 3.8) is 0 Å². The minimum Gasteiger partial charge on any atom is -0.505 e. The van der Waals surface area contributed by atoms with Crippen LogP contribution in [0.15, 0.2) is 36.7 Å². The maximum atomic E-state index is 13.1. The lowest BCUT2D eigenvalue weighted by atomic mass is 10.0. The molecule has 1 unspecified atom stereocenters. The molecule has 0 bridgehead atoms. The Hall–Kier alpha value is -3.07. The third kappa shape index (κ3) is 2.88. The molecule has 0 spiro atoms. The second-order valence-electron chi connectivity index (χ2n) is 6.52. The third-order valence-electron chi connectivity index (χ3n) is 4.82. The summed E-state index contributed by atoms with van der Waals surface area (Å²) < 4.78 is 26.8. The maximum Gasteiger partial charge on any atom is 0.258 e. The number of pyridine rings is 2. The lowest BCUT2D eigenvalue weighted by Gasteiger charge is -2.21. The van der Waals surface area contributed by atoms with Gasteiger partial charge in [0.1, 0.15) is 16.5 Å². The van der Waals surface area contributed by atoms with Gasteiger partial charge in [0.25, 0.3) is 5.91 Å². The van der Waals surface area contributed by atoms with E-state index in [1.165, 1.54) is 23.4 Å². The van der Waals surface area contributed by atoms with Gasteiger partial charge in [-0.25, -0.2) is 9.19 Å². The Labute approximate surface area is 163 Å². The highest BCUT2D eigenvalue weighted by Gasteiger charge is 2.36. The molecule has 7 nitrogen and oxygen atoms in total. The summed E-state index contributed by atoms with van der Waals surface area (Å²) >= 11 is 0. The first kappa shape index (κ1) is 18.3. The standard InChI is InChI=1S/C19H17FN4O3S/c1-23(28(2)27)17-12-4-3-7-21-16(12)18(25)15-13(17)10-24(19(15)26)9-11-5-6-14(20)22-8-11/h3-8,25H,9-10H2,1-2H3. The Morgan fingerprint density at radius 2 is 2.11 bits per heavy atom. The van der Waals surface area contributed by atoms with Crippen molar-refractivity contribution in [2.24, 2.45) is 0 Å². The van der Waals surface area contributed by atoms with Crippen LogP contribution in [-0.2, 0) is 24.1 Å². The molecule has 144 valence electrons. The van der Waals surface area contributed by atoms with Gasteiger partial charge in [0.15, 0.2) is 5.75 Å². The molecule has 0 saturated heterocycles. The number of aromatic nitrogens is 2. The summed E-state index contributed by atoms with van der Waals surface area (Å²) in [5.74, 6) is -1.14. The van der Waals surface area contributed by atoms with E-state index >= 15 is 0 Å². The quantitative estimate of drug-likeness (QED) is 0.680. The monoisotopic (exact) mass is 400 g/mol. The van der Waals surface area contributed by atoms with E-state index in [0.29, 0.717) is 22.2 Å². The fourth-order valence-corrected chi connectivity index (χ4v) is 3.93. The van der Waals surface area contributed by atoms with Gasteiger partial charge in [0, 0.05) is 49.7 Å². The molecule has 9 heteroatoms. The van der Waals surface area contributed by atoms with Gasteiger partial charge in [0.05, 0.1) is 11.3 Å². The molecule has 0 saturated carbocycles. The summed E-state index contributed by atoms with van der Waals surface area (Å²) in [6.45, 7) is 0.434. The Morgan fingerprint density at radius 3 is 2.79 bits per heavy atom. The number of carbonyl (C=O) groups excluding carboxylic acids is 1. The summed E-state index contributed by atoms with van der Waals surface area (Å²) in [5.41, 5.74) is 2.31. The number of anilines is 1. The highest BCUT2D eigenvalue weighted by atomic mass is 32.2. The molecule has 0 fully saturated rings. The van der Waals surface area contributed by atoms with Crippen molar-refractivity contribution in [2.45, 2.75) is 13.1 Å². The predicted molar refractivity (Wildman–Crippen MR) is 104 cm³/mol. The van der Waals surface area contributed by atoms with Crippen LogP contribution < -0.4 is 4.31 Å². The normalized spacial score (nSPS) is 14.4. The third-order valence-corrected chi connectivity index (χ3v) is 5.78. The molecule has 2 aromatic heterocycles. The number of amides is 1. The Balaban J connectivity index is 1.85. The first-order chi connectivity index (χ1) is 13.4. The number of fused-ring (bicyclic) bond motifs is 2. The van der Waals surface area contributed by atoms with E-state index in [4.69, 9.17) is 0 Å². The average Bonchev–Trinajstić information content (AvgIpc) is 3.00. The zero-order chi connectivity index (χ0) is 20.0. The SMILES string of the molecule is CN(c1c2c(c(O)c3ncccc13)C(=O)N(Cc1ccc(F)nc1)C2)S(C)=O. The van der Waals surface area contributed by atoms with Crippen LogP contribution >= 0.6 is 0 Å². The molecule has 3 aromatic rings. The second-order valence-corrected chi connectivity index (χ2v) is 7.92. The highest BCUT2D eigenvalue weighted by molar-refractivity contribution is 7.85. The number of carbonyl (C=O) groups is 1. The number of phenolic OH excluding ortho intramolecular Hbond substituents is 1. The largest absolute Gasteiger partial charge is 0.505 e. The van der Waals surface area contributed by atoms with Gasteiger partial charge in [-0.3, -0.25) is 14.1 Å². The highest BCUT2D eigenvalue weighted by Crippen LogP contribution is 2.44. The van der Waals surface area contributed by atoms with Gasteiger partial charge in [0.2, 0.25) is 5.95 Å². The zero-order valence-corrected chi connectivity index (χ0v) is 16.0. The lowest BCUT2D eigenvalue weighted by Crippen LogP contribution is -2.23. The van der Waals surface area contributed by atoms with E-state index < -0.39 is 16.9 Å². The number of aromatic hydroxyl groups is 1. The number of phenols is 1. The summed E-state index contributed by atoms with van der Waals surface area (Å²) in [6.07, 6.45) is 4.44. The number of benzene rings is 1. The number of hydrogen-bond donors (Lipinski definition) is 1. The van der Waals surface area contributed by atoms with E-state index in [9.17, 15) is 18.5 Å². The molecule has 4 rings (SSSR count). The van der Waals surface area contributed by atoms with Crippen LogP contribution in [0.4, 0.5) is 10.1 Å². The summed E-state index contributed by atoms with van der Waals surface area (Å²) in [7, 11) is 0.336. The van der Waals surface area contributed by atoms with Gasteiger partial charge >= 0.3 is 0 Å². The number of nitrogens with zero attached hydrogens (tertiary/aromatic N) is 4. The first-order valence-electron chi connectivity index (χ1n) is 8.48. The lowest BCUT2D eigenvalue weighted by molar-refractivity contribution is 0.0764. The molecular formula is C19H17FN4O3S. The minimum atomic E-state index is -1.34. The Morgan fingerprint density at radius 1 is 1.32 bits per heavy atom. The van der Waals surface area contributed by atoms with E-state index in [-0.39, 0.29) is 35.8 Å².